The fourth-order valence-corrected chi connectivity index (χ4v) is 3.11. The van der Waals surface area contributed by atoms with Crippen molar-refractivity contribution in [2.24, 2.45) is 0 Å². The predicted molar refractivity (Wildman–Crippen MR) is 88.4 cm³/mol. The molecule has 0 aliphatic rings. The van der Waals surface area contributed by atoms with Crippen LogP contribution in [0.3, 0.4) is 0 Å². The van der Waals surface area contributed by atoms with E-state index in [1.54, 1.807) is 24.3 Å². The van der Waals surface area contributed by atoms with E-state index in [1.807, 2.05) is 6.07 Å². The third-order valence-electron chi connectivity index (χ3n) is 2.97. The fraction of sp³-hybridized carbons (Fsp3) is 0.143. The minimum absolute atomic E-state index is 0.0529. The Hall–Kier alpha value is -0.510. The molecule has 7 heteroatoms. The molecular weight excluding hydrogens is 377 g/mol. The van der Waals surface area contributed by atoms with Gasteiger partial charge in [-0.15, -0.1) is 0 Å². The number of halogens is 5. The highest BCUT2D eigenvalue weighted by Crippen LogP contribution is 2.52. The Morgan fingerprint density at radius 1 is 0.905 bits per heavy atom. The Kier molecular flexibility index (Phi) is 5.07. The van der Waals surface area contributed by atoms with Crippen molar-refractivity contribution in [2.45, 2.75) is 9.71 Å². The van der Waals surface area contributed by atoms with Gasteiger partial charge in [-0.1, -0.05) is 88.3 Å². The summed E-state index contributed by atoms with van der Waals surface area (Å²) < 4.78 is -1.76. The van der Waals surface area contributed by atoms with E-state index in [9.17, 15) is 10.2 Å². The van der Waals surface area contributed by atoms with Gasteiger partial charge in [0.1, 0.15) is 5.02 Å². The normalized spacial score (nSPS) is 13.2. The first-order valence-electron chi connectivity index (χ1n) is 5.75. The van der Waals surface area contributed by atoms with Crippen molar-refractivity contribution >= 4 is 58.0 Å². The van der Waals surface area contributed by atoms with Crippen LogP contribution in [0.4, 0.5) is 0 Å². The van der Waals surface area contributed by atoms with Crippen LogP contribution < -0.4 is 0 Å². The van der Waals surface area contributed by atoms with Crippen LogP contribution in [-0.4, -0.2) is 14.0 Å². The van der Waals surface area contributed by atoms with E-state index >= 15 is 0 Å². The standard InChI is InChI=1S/C14H9Cl5O2/c15-9-6-8(12(20)13(21)11(9)16)10(14(17,18)19)7-4-2-1-3-5-7/h1-6,10,20-21H. The first-order chi connectivity index (χ1) is 9.73. The van der Waals surface area contributed by atoms with E-state index in [4.69, 9.17) is 58.0 Å². The zero-order valence-electron chi connectivity index (χ0n) is 10.3. The van der Waals surface area contributed by atoms with Gasteiger partial charge in [0.25, 0.3) is 0 Å². The van der Waals surface area contributed by atoms with Crippen molar-refractivity contribution in [2.75, 3.05) is 0 Å². The molecule has 2 aromatic carbocycles. The third kappa shape index (κ3) is 3.46. The summed E-state index contributed by atoms with van der Waals surface area (Å²) in [5, 5.41) is 19.9. The Balaban J connectivity index is 2.70. The predicted octanol–water partition coefficient (Wildman–Crippen LogP) is 5.91. The lowest BCUT2D eigenvalue weighted by Gasteiger charge is -2.26. The second-order valence-corrected chi connectivity index (χ2v) is 7.50. The number of alkyl halides is 3. The monoisotopic (exact) mass is 384 g/mol. The van der Waals surface area contributed by atoms with Crippen molar-refractivity contribution < 1.29 is 10.2 Å². The van der Waals surface area contributed by atoms with Gasteiger partial charge in [-0.05, 0) is 11.6 Å². The number of hydrogen-bond donors (Lipinski definition) is 2. The Morgan fingerprint density at radius 2 is 1.48 bits per heavy atom. The van der Waals surface area contributed by atoms with Crippen LogP contribution in [0.2, 0.25) is 10.0 Å². The summed E-state index contributed by atoms with van der Waals surface area (Å²) in [7, 11) is 0. The highest BCUT2D eigenvalue weighted by molar-refractivity contribution is 6.68. The summed E-state index contributed by atoms with van der Waals surface area (Å²) in [5.41, 5.74) is 0.818. The Labute approximate surface area is 146 Å². The number of rotatable bonds is 2. The maximum absolute atomic E-state index is 10.1. The number of hydrogen-bond acceptors (Lipinski definition) is 2. The van der Waals surface area contributed by atoms with E-state index in [-0.39, 0.29) is 15.6 Å². The second kappa shape index (κ2) is 6.31. The average molecular weight is 386 g/mol. The zero-order chi connectivity index (χ0) is 15.8. The molecule has 2 aromatic rings. The quantitative estimate of drug-likeness (QED) is 0.498. The van der Waals surface area contributed by atoms with Crippen molar-refractivity contribution in [1.29, 1.82) is 0 Å². The molecule has 2 rings (SSSR count). The van der Waals surface area contributed by atoms with Gasteiger partial charge in [0.05, 0.1) is 10.9 Å². The molecule has 0 aliphatic carbocycles. The highest BCUT2D eigenvalue weighted by Gasteiger charge is 2.38. The molecule has 2 N–H and O–H groups in total. The molecule has 0 aromatic heterocycles. The van der Waals surface area contributed by atoms with Gasteiger partial charge < -0.3 is 10.2 Å². The number of phenols is 2. The van der Waals surface area contributed by atoms with Crippen molar-refractivity contribution in [3.63, 3.8) is 0 Å². The number of aromatic hydroxyl groups is 2. The van der Waals surface area contributed by atoms with Gasteiger partial charge in [-0.2, -0.15) is 0 Å². The summed E-state index contributed by atoms with van der Waals surface area (Å²) in [4.78, 5) is 0. The van der Waals surface area contributed by atoms with Crippen molar-refractivity contribution in [1.82, 2.24) is 0 Å². The molecular formula is C14H9Cl5O2. The van der Waals surface area contributed by atoms with Gasteiger partial charge >= 0.3 is 0 Å². The van der Waals surface area contributed by atoms with Gasteiger partial charge in [0.2, 0.25) is 3.79 Å². The van der Waals surface area contributed by atoms with Crippen molar-refractivity contribution in [3.05, 3.63) is 57.6 Å². The summed E-state index contributed by atoms with van der Waals surface area (Å²) in [6.45, 7) is 0. The number of phenolic OH excluding ortho intramolecular Hbond substituents is 2. The Morgan fingerprint density at radius 3 is 2.00 bits per heavy atom. The zero-order valence-corrected chi connectivity index (χ0v) is 14.1. The molecule has 0 saturated heterocycles. The van der Waals surface area contributed by atoms with Gasteiger partial charge in [-0.3, -0.25) is 0 Å². The smallest absolute Gasteiger partial charge is 0.201 e. The summed E-state index contributed by atoms with van der Waals surface area (Å²) in [5.74, 6) is -1.84. The SMILES string of the molecule is Oc1c(C(c2ccccc2)C(Cl)(Cl)Cl)cc(Cl)c(Cl)c1O. The van der Waals surface area contributed by atoms with Gasteiger partial charge in [0, 0.05) is 5.56 Å². The lowest BCUT2D eigenvalue weighted by atomic mass is 9.91. The fourth-order valence-electron chi connectivity index (χ4n) is 2.03. The second-order valence-electron chi connectivity index (χ2n) is 4.34. The summed E-state index contributed by atoms with van der Waals surface area (Å²) in [6.07, 6.45) is 0. The van der Waals surface area contributed by atoms with Crippen LogP contribution in [0.15, 0.2) is 36.4 Å². The lowest BCUT2D eigenvalue weighted by molar-refractivity contribution is 0.398. The maximum Gasteiger partial charge on any atom is 0.201 e. The van der Waals surface area contributed by atoms with E-state index in [2.05, 4.69) is 0 Å². The summed E-state index contributed by atoms with van der Waals surface area (Å²) >= 11 is 29.9. The molecule has 1 atom stereocenters. The first-order valence-corrected chi connectivity index (χ1v) is 7.64. The van der Waals surface area contributed by atoms with Crippen LogP contribution in [0.25, 0.3) is 0 Å². The highest BCUT2D eigenvalue weighted by atomic mass is 35.6. The van der Waals surface area contributed by atoms with Crippen molar-refractivity contribution in [3.8, 4) is 11.5 Å². The molecule has 0 bridgehead atoms. The van der Waals surface area contributed by atoms with Gasteiger partial charge in [0.15, 0.2) is 11.5 Å². The molecule has 0 amide bonds. The van der Waals surface area contributed by atoms with E-state index < -0.39 is 21.2 Å². The Bertz CT molecular complexity index is 653. The molecule has 0 radical (unpaired) electrons. The minimum atomic E-state index is -1.76. The lowest BCUT2D eigenvalue weighted by Crippen LogP contribution is -2.18. The molecule has 1 unspecified atom stereocenters. The molecule has 0 spiro atoms. The molecule has 2 nitrogen and oxygen atoms in total. The molecule has 0 heterocycles. The summed E-state index contributed by atoms with van der Waals surface area (Å²) in [6, 6.07) is 10.2. The molecule has 21 heavy (non-hydrogen) atoms. The van der Waals surface area contributed by atoms with E-state index in [0.29, 0.717) is 5.56 Å². The van der Waals surface area contributed by atoms with E-state index in [1.165, 1.54) is 6.07 Å². The molecule has 0 fully saturated rings. The minimum Gasteiger partial charge on any atom is -0.504 e. The number of benzene rings is 2. The average Bonchev–Trinajstić information content (AvgIpc) is 2.42. The third-order valence-corrected chi connectivity index (χ3v) is 4.40. The molecule has 112 valence electrons. The molecule has 0 saturated carbocycles. The van der Waals surface area contributed by atoms with Crippen LogP contribution in [-0.2, 0) is 0 Å². The maximum atomic E-state index is 10.1. The van der Waals surface area contributed by atoms with E-state index in [0.717, 1.165) is 0 Å². The largest absolute Gasteiger partial charge is 0.504 e. The van der Waals surface area contributed by atoms with Crippen LogP contribution >= 0.6 is 58.0 Å². The molecule has 0 aliphatic heterocycles. The van der Waals surface area contributed by atoms with Crippen LogP contribution in [0, 0.1) is 0 Å². The van der Waals surface area contributed by atoms with Crippen LogP contribution in [0.5, 0.6) is 11.5 Å². The van der Waals surface area contributed by atoms with Gasteiger partial charge in [-0.25, -0.2) is 0 Å². The topological polar surface area (TPSA) is 40.5 Å². The van der Waals surface area contributed by atoms with Crippen LogP contribution in [0.1, 0.15) is 17.0 Å². The first kappa shape index (κ1) is 16.9.